The number of β-amino-alcohol motifs (C(OH)–C–C–N with tert-alkyl or cyclic N) is 1. The second kappa shape index (κ2) is 7.08. The van der Waals surface area contributed by atoms with Crippen LogP contribution >= 0.6 is 0 Å². The summed E-state index contributed by atoms with van der Waals surface area (Å²) in [5, 5.41) is 14.6. The summed E-state index contributed by atoms with van der Waals surface area (Å²) in [6.45, 7) is 2.61. The van der Waals surface area contributed by atoms with Crippen molar-refractivity contribution in [2.24, 2.45) is 0 Å². The number of benzene rings is 1. The lowest BCUT2D eigenvalue weighted by Crippen LogP contribution is -2.29. The lowest BCUT2D eigenvalue weighted by Gasteiger charge is -2.15. The fraction of sp³-hybridized carbons (Fsp3) is 0.333. The number of nitrogens with one attached hydrogen (secondary N) is 1. The zero-order chi connectivity index (χ0) is 17.1. The van der Waals surface area contributed by atoms with Crippen molar-refractivity contribution in [3.05, 3.63) is 66.5 Å². The summed E-state index contributed by atoms with van der Waals surface area (Å²) < 4.78 is 7.79. The summed E-state index contributed by atoms with van der Waals surface area (Å²) in [5.74, 6) is 1.57. The van der Waals surface area contributed by atoms with Crippen LogP contribution in [0, 0.1) is 0 Å². The Labute approximate surface area is 145 Å². The molecule has 0 saturated carbocycles. The maximum Gasteiger partial charge on any atom is 0.157 e. The molecule has 3 heterocycles. The Balaban J connectivity index is 1.34. The van der Waals surface area contributed by atoms with Gasteiger partial charge in [-0.25, -0.2) is 4.98 Å². The van der Waals surface area contributed by atoms with Crippen molar-refractivity contribution in [3.8, 4) is 5.75 Å². The standard InChI is InChI=1S/C18H21N5O2/c24-16-11-22(13-18-19-6-7-20-18)12-17(16)25-15-8-21-23(10-15)9-14-4-2-1-3-5-14/h1-8,10,16-17,24H,9,11-13H2,(H,19,20)/t16-,17-/m1/s1. The van der Waals surface area contributed by atoms with Gasteiger partial charge in [-0.1, -0.05) is 30.3 Å². The van der Waals surface area contributed by atoms with Crippen molar-refractivity contribution >= 4 is 0 Å². The first-order valence-corrected chi connectivity index (χ1v) is 8.38. The molecule has 130 valence electrons. The molecule has 0 spiro atoms. The summed E-state index contributed by atoms with van der Waals surface area (Å²) in [6, 6.07) is 10.2. The lowest BCUT2D eigenvalue weighted by atomic mass is 10.2. The van der Waals surface area contributed by atoms with Gasteiger partial charge in [0.15, 0.2) is 5.75 Å². The molecule has 1 fully saturated rings. The van der Waals surface area contributed by atoms with Crippen LogP contribution in [0.3, 0.4) is 0 Å². The second-order valence-corrected chi connectivity index (χ2v) is 6.31. The minimum atomic E-state index is -0.521. The summed E-state index contributed by atoms with van der Waals surface area (Å²) in [6.07, 6.45) is 6.32. The van der Waals surface area contributed by atoms with Crippen LogP contribution in [0.5, 0.6) is 5.75 Å². The third-order valence-corrected chi connectivity index (χ3v) is 4.33. The van der Waals surface area contributed by atoms with Crippen LogP contribution in [-0.2, 0) is 13.1 Å². The number of rotatable bonds is 6. The fourth-order valence-electron chi connectivity index (χ4n) is 3.11. The summed E-state index contributed by atoms with van der Waals surface area (Å²) >= 11 is 0. The topological polar surface area (TPSA) is 79.2 Å². The molecule has 1 aliphatic heterocycles. The molecule has 1 saturated heterocycles. The second-order valence-electron chi connectivity index (χ2n) is 6.31. The highest BCUT2D eigenvalue weighted by Gasteiger charge is 2.33. The van der Waals surface area contributed by atoms with Crippen molar-refractivity contribution in [1.29, 1.82) is 0 Å². The highest BCUT2D eigenvalue weighted by Crippen LogP contribution is 2.19. The number of ether oxygens (including phenoxy) is 1. The quantitative estimate of drug-likeness (QED) is 0.707. The van der Waals surface area contributed by atoms with Crippen molar-refractivity contribution < 1.29 is 9.84 Å². The normalized spacial score (nSPS) is 20.8. The average Bonchev–Trinajstić information content (AvgIpc) is 3.33. The third kappa shape index (κ3) is 3.89. The van der Waals surface area contributed by atoms with E-state index < -0.39 is 6.10 Å². The van der Waals surface area contributed by atoms with Gasteiger partial charge in [0.1, 0.15) is 18.0 Å². The number of H-pyrrole nitrogens is 1. The molecule has 1 aliphatic rings. The molecule has 4 rings (SSSR count). The van der Waals surface area contributed by atoms with Crippen LogP contribution < -0.4 is 4.74 Å². The van der Waals surface area contributed by atoms with E-state index in [0.29, 0.717) is 31.9 Å². The molecule has 0 aliphatic carbocycles. The summed E-state index contributed by atoms with van der Waals surface area (Å²) in [7, 11) is 0. The number of hydrogen-bond acceptors (Lipinski definition) is 5. The Morgan fingerprint density at radius 1 is 1.20 bits per heavy atom. The SMILES string of the molecule is O[C@@H]1CN(Cc2ncc[nH]2)C[C@H]1Oc1cnn(Cc2ccccc2)c1. The van der Waals surface area contributed by atoms with Crippen LogP contribution in [-0.4, -0.2) is 55.1 Å². The van der Waals surface area contributed by atoms with Gasteiger partial charge in [0.05, 0.1) is 25.5 Å². The molecule has 3 aromatic rings. The largest absolute Gasteiger partial charge is 0.483 e. The molecule has 7 nitrogen and oxygen atoms in total. The highest BCUT2D eigenvalue weighted by atomic mass is 16.5. The van der Waals surface area contributed by atoms with Gasteiger partial charge >= 0.3 is 0 Å². The minimum absolute atomic E-state index is 0.260. The highest BCUT2D eigenvalue weighted by molar-refractivity contribution is 5.18. The molecule has 0 amide bonds. The lowest BCUT2D eigenvalue weighted by molar-refractivity contribution is 0.0736. The first-order chi connectivity index (χ1) is 12.3. The van der Waals surface area contributed by atoms with Gasteiger partial charge in [0.25, 0.3) is 0 Å². The van der Waals surface area contributed by atoms with Crippen molar-refractivity contribution in [3.63, 3.8) is 0 Å². The van der Waals surface area contributed by atoms with Crippen molar-refractivity contribution in [2.45, 2.75) is 25.3 Å². The fourth-order valence-corrected chi connectivity index (χ4v) is 3.11. The number of aromatic amines is 1. The van der Waals surface area contributed by atoms with Gasteiger partial charge in [-0.3, -0.25) is 9.58 Å². The van der Waals surface area contributed by atoms with Crippen LogP contribution in [0.2, 0.25) is 0 Å². The van der Waals surface area contributed by atoms with Gasteiger partial charge in [0.2, 0.25) is 0 Å². The zero-order valence-corrected chi connectivity index (χ0v) is 13.8. The predicted molar refractivity (Wildman–Crippen MR) is 92.1 cm³/mol. The number of nitrogens with zero attached hydrogens (tertiary/aromatic N) is 4. The smallest absolute Gasteiger partial charge is 0.157 e. The van der Waals surface area contributed by atoms with E-state index in [2.05, 4.69) is 32.1 Å². The van der Waals surface area contributed by atoms with Gasteiger partial charge < -0.3 is 14.8 Å². The molecule has 2 aromatic heterocycles. The van der Waals surface area contributed by atoms with Crippen molar-refractivity contribution in [2.75, 3.05) is 13.1 Å². The van der Waals surface area contributed by atoms with E-state index in [4.69, 9.17) is 4.74 Å². The van der Waals surface area contributed by atoms with E-state index in [-0.39, 0.29) is 6.10 Å². The minimum Gasteiger partial charge on any atom is -0.483 e. The summed E-state index contributed by atoms with van der Waals surface area (Å²) in [4.78, 5) is 9.43. The van der Waals surface area contributed by atoms with E-state index in [9.17, 15) is 5.11 Å². The number of likely N-dealkylation sites (tertiary alicyclic amines) is 1. The molecule has 25 heavy (non-hydrogen) atoms. The maximum atomic E-state index is 10.3. The number of imidazole rings is 1. The zero-order valence-electron chi connectivity index (χ0n) is 13.8. The molecule has 0 unspecified atom stereocenters. The molecular formula is C18H21N5O2. The van der Waals surface area contributed by atoms with Crippen LogP contribution in [0.1, 0.15) is 11.4 Å². The molecular weight excluding hydrogens is 318 g/mol. The molecule has 2 atom stereocenters. The third-order valence-electron chi connectivity index (χ3n) is 4.33. The van der Waals surface area contributed by atoms with E-state index in [1.54, 1.807) is 18.6 Å². The van der Waals surface area contributed by atoms with Crippen molar-refractivity contribution in [1.82, 2.24) is 24.6 Å². The number of aliphatic hydroxyl groups is 1. The summed E-state index contributed by atoms with van der Waals surface area (Å²) in [5.41, 5.74) is 1.18. The Hall–Kier alpha value is -2.64. The van der Waals surface area contributed by atoms with E-state index in [0.717, 1.165) is 5.82 Å². The van der Waals surface area contributed by atoms with Gasteiger partial charge in [-0.15, -0.1) is 0 Å². The predicted octanol–water partition coefficient (Wildman–Crippen LogP) is 1.28. The number of aliphatic hydroxyl groups excluding tert-OH is 1. The Kier molecular flexibility index (Phi) is 4.49. The van der Waals surface area contributed by atoms with Gasteiger partial charge in [-0.2, -0.15) is 5.10 Å². The van der Waals surface area contributed by atoms with E-state index in [1.807, 2.05) is 29.1 Å². The number of hydrogen-bond donors (Lipinski definition) is 2. The maximum absolute atomic E-state index is 10.3. The van der Waals surface area contributed by atoms with E-state index in [1.165, 1.54) is 5.56 Å². The molecule has 7 heteroatoms. The first kappa shape index (κ1) is 15.9. The Bertz CT molecular complexity index is 787. The molecule has 2 N–H and O–H groups in total. The molecule has 1 aromatic carbocycles. The van der Waals surface area contributed by atoms with Crippen LogP contribution in [0.15, 0.2) is 55.1 Å². The monoisotopic (exact) mass is 339 g/mol. The van der Waals surface area contributed by atoms with Crippen LogP contribution in [0.25, 0.3) is 0 Å². The number of aromatic nitrogens is 4. The Morgan fingerprint density at radius 2 is 2.08 bits per heavy atom. The first-order valence-electron chi connectivity index (χ1n) is 8.38. The molecule has 0 bridgehead atoms. The van der Waals surface area contributed by atoms with Crippen LogP contribution in [0.4, 0.5) is 0 Å². The van der Waals surface area contributed by atoms with E-state index >= 15 is 0 Å². The van der Waals surface area contributed by atoms with Gasteiger partial charge in [-0.05, 0) is 5.56 Å². The molecule has 0 radical (unpaired) electrons. The average molecular weight is 339 g/mol. The Morgan fingerprint density at radius 3 is 2.88 bits per heavy atom. The van der Waals surface area contributed by atoms with Gasteiger partial charge in [0, 0.05) is 25.5 Å².